The lowest BCUT2D eigenvalue weighted by Crippen LogP contribution is -2.11. The van der Waals surface area contributed by atoms with Crippen LogP contribution in [0.3, 0.4) is 0 Å². The summed E-state index contributed by atoms with van der Waals surface area (Å²) in [5.74, 6) is -1.16. The van der Waals surface area contributed by atoms with Crippen LogP contribution in [0.2, 0.25) is 0 Å². The first-order chi connectivity index (χ1) is 9.02. The molecule has 0 radical (unpaired) electrons. The molecular weight excluding hydrogens is 249 g/mol. The van der Waals surface area contributed by atoms with Crippen LogP contribution >= 0.6 is 0 Å². The Balaban J connectivity index is 2.40. The zero-order valence-electron chi connectivity index (χ0n) is 10.7. The van der Waals surface area contributed by atoms with E-state index in [9.17, 15) is 9.18 Å². The Morgan fingerprint density at radius 3 is 2.58 bits per heavy atom. The molecule has 19 heavy (non-hydrogen) atoms. The average molecular weight is 263 g/mol. The monoisotopic (exact) mass is 263 g/mol. The number of rotatable bonds is 4. The molecule has 0 bridgehead atoms. The van der Waals surface area contributed by atoms with Crippen molar-refractivity contribution in [2.45, 2.75) is 26.2 Å². The number of carbonyl (C=O) groups is 1. The second-order valence-corrected chi connectivity index (χ2v) is 4.27. The largest absolute Gasteiger partial charge is 0.481 e. The van der Waals surface area contributed by atoms with Gasteiger partial charge < -0.3 is 9.52 Å². The van der Waals surface area contributed by atoms with E-state index in [1.165, 1.54) is 12.1 Å². The van der Waals surface area contributed by atoms with E-state index in [0.717, 1.165) is 0 Å². The number of benzene rings is 1. The maximum absolute atomic E-state index is 12.8. The molecule has 0 aliphatic carbocycles. The van der Waals surface area contributed by atoms with Crippen molar-refractivity contribution >= 4 is 5.97 Å². The van der Waals surface area contributed by atoms with Crippen molar-refractivity contribution in [2.75, 3.05) is 0 Å². The third-order valence-electron chi connectivity index (χ3n) is 2.96. The first-order valence-electron chi connectivity index (χ1n) is 5.99. The smallest absolute Gasteiger partial charge is 0.312 e. The second kappa shape index (κ2) is 5.22. The van der Waals surface area contributed by atoms with Gasteiger partial charge in [-0.25, -0.2) is 9.37 Å². The van der Waals surface area contributed by atoms with Crippen LogP contribution in [0.15, 0.2) is 28.7 Å². The van der Waals surface area contributed by atoms with Crippen LogP contribution in [0.4, 0.5) is 4.39 Å². The van der Waals surface area contributed by atoms with Crippen LogP contribution in [0.25, 0.3) is 11.5 Å². The molecule has 0 aliphatic heterocycles. The van der Waals surface area contributed by atoms with Gasteiger partial charge in [0.25, 0.3) is 0 Å². The summed E-state index contributed by atoms with van der Waals surface area (Å²) in [5, 5.41) is 9.14. The van der Waals surface area contributed by atoms with E-state index in [-0.39, 0.29) is 5.82 Å². The Kier molecular flexibility index (Phi) is 3.64. The molecule has 1 N–H and O–H groups in total. The van der Waals surface area contributed by atoms with Gasteiger partial charge in [0.05, 0.1) is 5.69 Å². The van der Waals surface area contributed by atoms with Gasteiger partial charge in [0, 0.05) is 5.56 Å². The van der Waals surface area contributed by atoms with Gasteiger partial charge in [0.15, 0.2) is 0 Å². The summed E-state index contributed by atoms with van der Waals surface area (Å²) in [4.78, 5) is 15.4. The third-order valence-corrected chi connectivity index (χ3v) is 2.96. The maximum atomic E-state index is 12.8. The lowest BCUT2D eigenvalue weighted by molar-refractivity contribution is -0.139. The molecule has 0 aliphatic rings. The summed E-state index contributed by atoms with van der Waals surface area (Å²) in [5.41, 5.74) is 1.05. The fourth-order valence-electron chi connectivity index (χ4n) is 1.93. The number of aromatic nitrogens is 1. The van der Waals surface area contributed by atoms with Crippen molar-refractivity contribution in [2.24, 2.45) is 0 Å². The van der Waals surface area contributed by atoms with E-state index in [2.05, 4.69) is 4.98 Å². The number of hydrogen-bond acceptors (Lipinski definition) is 3. The standard InChI is InChI=1S/C14H14FNO3/c1-3-11(14(17)18)12-8(2)19-13(16-12)9-4-6-10(15)7-5-9/h4-7,11H,3H2,1-2H3,(H,17,18). The van der Waals surface area contributed by atoms with E-state index in [0.29, 0.717) is 29.3 Å². The fourth-order valence-corrected chi connectivity index (χ4v) is 1.93. The Morgan fingerprint density at radius 1 is 1.42 bits per heavy atom. The number of carboxylic acid groups (broad SMARTS) is 1. The quantitative estimate of drug-likeness (QED) is 0.918. The van der Waals surface area contributed by atoms with Crippen molar-refractivity contribution < 1.29 is 18.7 Å². The van der Waals surface area contributed by atoms with Gasteiger partial charge in [-0.15, -0.1) is 0 Å². The summed E-state index contributed by atoms with van der Waals surface area (Å²) in [6.07, 6.45) is 0.436. The summed E-state index contributed by atoms with van der Waals surface area (Å²) in [7, 11) is 0. The fraction of sp³-hybridized carbons (Fsp3) is 0.286. The predicted molar refractivity (Wildman–Crippen MR) is 67.3 cm³/mol. The average Bonchev–Trinajstić information content (AvgIpc) is 2.73. The Labute approximate surface area is 109 Å². The summed E-state index contributed by atoms with van der Waals surface area (Å²) >= 11 is 0. The van der Waals surface area contributed by atoms with Crippen molar-refractivity contribution in [3.05, 3.63) is 41.5 Å². The Hall–Kier alpha value is -2.17. The lowest BCUT2D eigenvalue weighted by atomic mass is 10.0. The number of aliphatic carboxylic acids is 1. The molecule has 2 aromatic rings. The SMILES string of the molecule is CCC(C(=O)O)c1nc(-c2ccc(F)cc2)oc1C. The number of aryl methyl sites for hydroxylation is 1. The highest BCUT2D eigenvalue weighted by molar-refractivity contribution is 5.76. The van der Waals surface area contributed by atoms with E-state index in [1.54, 1.807) is 26.0 Å². The highest BCUT2D eigenvalue weighted by Crippen LogP contribution is 2.28. The molecular formula is C14H14FNO3. The van der Waals surface area contributed by atoms with Gasteiger partial charge in [-0.3, -0.25) is 4.79 Å². The molecule has 0 amide bonds. The van der Waals surface area contributed by atoms with Gasteiger partial charge >= 0.3 is 5.97 Å². The van der Waals surface area contributed by atoms with Crippen LogP contribution < -0.4 is 0 Å². The number of halogens is 1. The molecule has 1 atom stereocenters. The number of carboxylic acids is 1. The lowest BCUT2D eigenvalue weighted by Gasteiger charge is -2.05. The van der Waals surface area contributed by atoms with E-state index in [1.807, 2.05) is 0 Å². The minimum atomic E-state index is -0.926. The molecule has 0 spiro atoms. The molecule has 0 saturated carbocycles. The number of nitrogens with zero attached hydrogens (tertiary/aromatic N) is 1. The normalized spacial score (nSPS) is 12.4. The zero-order chi connectivity index (χ0) is 14.0. The van der Waals surface area contributed by atoms with Crippen molar-refractivity contribution in [1.29, 1.82) is 0 Å². The van der Waals surface area contributed by atoms with Crippen molar-refractivity contribution in [1.82, 2.24) is 4.98 Å². The molecule has 4 nitrogen and oxygen atoms in total. The molecule has 100 valence electrons. The number of oxazole rings is 1. The summed E-state index contributed by atoms with van der Waals surface area (Å²) in [6.45, 7) is 3.46. The van der Waals surface area contributed by atoms with E-state index >= 15 is 0 Å². The van der Waals surface area contributed by atoms with Crippen LogP contribution in [0.1, 0.15) is 30.7 Å². The Bertz CT molecular complexity index is 589. The second-order valence-electron chi connectivity index (χ2n) is 4.27. The molecule has 1 aromatic carbocycles. The van der Waals surface area contributed by atoms with Crippen molar-refractivity contribution in [3.8, 4) is 11.5 Å². The first kappa shape index (κ1) is 13.3. The predicted octanol–water partition coefficient (Wildman–Crippen LogP) is 3.37. The summed E-state index contributed by atoms with van der Waals surface area (Å²) < 4.78 is 18.3. The summed E-state index contributed by atoms with van der Waals surface area (Å²) in [6, 6.07) is 5.71. The highest BCUT2D eigenvalue weighted by Gasteiger charge is 2.25. The molecule has 2 rings (SSSR count). The highest BCUT2D eigenvalue weighted by atomic mass is 19.1. The zero-order valence-corrected chi connectivity index (χ0v) is 10.7. The van der Waals surface area contributed by atoms with E-state index in [4.69, 9.17) is 9.52 Å². The van der Waals surface area contributed by atoms with E-state index < -0.39 is 11.9 Å². The van der Waals surface area contributed by atoms with Gasteiger partial charge in [-0.05, 0) is 37.6 Å². The molecule has 0 fully saturated rings. The van der Waals surface area contributed by atoms with Crippen LogP contribution in [0, 0.1) is 12.7 Å². The van der Waals surface area contributed by atoms with Crippen LogP contribution in [-0.2, 0) is 4.79 Å². The molecule has 5 heteroatoms. The molecule has 1 unspecified atom stereocenters. The van der Waals surface area contributed by atoms with Gasteiger partial charge in [0.2, 0.25) is 5.89 Å². The molecule has 1 aromatic heterocycles. The molecule has 0 saturated heterocycles. The number of hydrogen-bond donors (Lipinski definition) is 1. The minimum Gasteiger partial charge on any atom is -0.481 e. The Morgan fingerprint density at radius 2 is 2.05 bits per heavy atom. The maximum Gasteiger partial charge on any atom is 0.312 e. The van der Waals surface area contributed by atoms with Crippen LogP contribution in [0.5, 0.6) is 0 Å². The topological polar surface area (TPSA) is 63.3 Å². The minimum absolute atomic E-state index is 0.312. The van der Waals surface area contributed by atoms with Gasteiger partial charge in [-0.1, -0.05) is 6.92 Å². The third kappa shape index (κ3) is 2.65. The molecule has 1 heterocycles. The van der Waals surface area contributed by atoms with Gasteiger partial charge in [0.1, 0.15) is 17.5 Å². The van der Waals surface area contributed by atoms with Crippen LogP contribution in [-0.4, -0.2) is 16.1 Å². The van der Waals surface area contributed by atoms with Gasteiger partial charge in [-0.2, -0.15) is 0 Å². The van der Waals surface area contributed by atoms with Crippen molar-refractivity contribution in [3.63, 3.8) is 0 Å². The first-order valence-corrected chi connectivity index (χ1v) is 5.99.